The molecule has 0 saturated heterocycles. The third-order valence-electron chi connectivity index (χ3n) is 13.1. The van der Waals surface area contributed by atoms with Crippen molar-refractivity contribution in [2.45, 2.75) is 22.1 Å². The van der Waals surface area contributed by atoms with Gasteiger partial charge in [-0.2, -0.15) is 0 Å². The zero-order valence-electron chi connectivity index (χ0n) is 35.7. The van der Waals surface area contributed by atoms with Crippen molar-refractivity contribution in [2.24, 2.45) is 0 Å². The number of hydrogen-bond acceptors (Lipinski definition) is 4. The molecule has 1 aliphatic heterocycles. The van der Waals surface area contributed by atoms with Crippen molar-refractivity contribution in [1.82, 2.24) is 15.0 Å². The molecule has 2 aliphatic rings. The molecule has 0 amide bonds. The monoisotopic (exact) mass is 847 g/mol. The van der Waals surface area contributed by atoms with Crippen molar-refractivity contribution in [3.05, 3.63) is 253 Å². The number of nitrogens with zero attached hydrogens (tertiary/aromatic N) is 3. The number of rotatable bonds is 7. The molecule has 0 saturated carbocycles. The van der Waals surface area contributed by atoms with Crippen LogP contribution in [0.15, 0.2) is 235 Å². The Balaban J connectivity index is 1.07. The molecule has 0 radical (unpaired) electrons. The molecule has 3 nitrogen and oxygen atoms in total. The summed E-state index contributed by atoms with van der Waals surface area (Å²) in [4.78, 5) is 18.3. The van der Waals surface area contributed by atoms with Gasteiger partial charge in [-0.3, -0.25) is 0 Å². The molecule has 3 heterocycles. The van der Waals surface area contributed by atoms with Crippen LogP contribution in [0.2, 0.25) is 0 Å². The number of hydrogen-bond donors (Lipinski definition) is 0. The third kappa shape index (κ3) is 6.24. The fourth-order valence-corrected chi connectivity index (χ4v) is 11.5. The van der Waals surface area contributed by atoms with Crippen molar-refractivity contribution >= 4 is 39.0 Å². The van der Waals surface area contributed by atoms with Crippen LogP contribution in [0.4, 0.5) is 0 Å². The summed E-state index contributed by atoms with van der Waals surface area (Å²) in [7, 11) is 0. The molecular formula is C61H41N3S. The van der Waals surface area contributed by atoms with Crippen molar-refractivity contribution in [3.63, 3.8) is 0 Å². The van der Waals surface area contributed by atoms with Crippen LogP contribution in [0.25, 0.3) is 83.4 Å². The summed E-state index contributed by atoms with van der Waals surface area (Å²) >= 11 is 1.90. The fraction of sp³-hybridized carbons (Fsp3) is 0.0328. The van der Waals surface area contributed by atoms with Gasteiger partial charge in [-0.1, -0.05) is 213 Å². The topological polar surface area (TPSA) is 38.7 Å². The Labute approximate surface area is 383 Å². The van der Waals surface area contributed by atoms with Gasteiger partial charge in [0.2, 0.25) is 0 Å². The molecule has 8 aromatic carbocycles. The second-order valence-electron chi connectivity index (χ2n) is 16.7. The predicted octanol–water partition coefficient (Wildman–Crippen LogP) is 15.8. The van der Waals surface area contributed by atoms with E-state index in [1.165, 1.54) is 48.6 Å². The molecule has 1 aliphatic carbocycles. The molecule has 65 heavy (non-hydrogen) atoms. The van der Waals surface area contributed by atoms with Crippen molar-refractivity contribution in [2.75, 3.05) is 0 Å². The number of fused-ring (bicyclic) bond motifs is 13. The standard InChI is InChI=1S/C61H41N3S/c1-3-4-7-19-39(2)53-38-54(64-60(63-53)41-22-10-6-11-23-41)44-25-18-24-42(36-44)43-32-33-47-55(37-43)62-58(40-20-8-5-9-21-40)48-34-35-52-59(57(47)48)65-56-31-17-16-30-51(56)61(52)49-28-14-12-26-45(49)46-27-13-15-29-50(46)61/h3-38H,1H2,2H3/b7-4-,39-19+. The van der Waals surface area contributed by atoms with Crippen molar-refractivity contribution in [3.8, 4) is 56.2 Å². The quantitative estimate of drug-likeness (QED) is 0.118. The minimum Gasteiger partial charge on any atom is -0.247 e. The summed E-state index contributed by atoms with van der Waals surface area (Å²) in [6.07, 6.45) is 7.76. The third-order valence-corrected chi connectivity index (χ3v) is 14.3. The average molecular weight is 848 g/mol. The van der Waals surface area contributed by atoms with Crippen LogP contribution in [0, 0.1) is 0 Å². The SMILES string of the molecule is C=C/C=C\C=C(/C)c1cc(-c2cccc(-c3ccc4c(c3)nc(-c3ccccc3)c3ccc5c(c34)Sc3ccccc3C53c4ccccc4-c4ccccc43)c2)nc(-c2ccccc2)n1. The molecule has 306 valence electrons. The highest BCUT2D eigenvalue weighted by Gasteiger charge is 2.50. The van der Waals surface area contributed by atoms with E-state index in [9.17, 15) is 0 Å². The lowest BCUT2D eigenvalue weighted by Gasteiger charge is -2.40. The van der Waals surface area contributed by atoms with Gasteiger partial charge < -0.3 is 0 Å². The number of pyridine rings is 1. The average Bonchev–Trinajstić information content (AvgIpc) is 3.66. The molecular weight excluding hydrogens is 807 g/mol. The summed E-state index contributed by atoms with van der Waals surface area (Å²) in [5.41, 5.74) is 17.4. The van der Waals surface area contributed by atoms with E-state index in [-0.39, 0.29) is 0 Å². The van der Waals surface area contributed by atoms with E-state index in [1.807, 2.05) is 42.1 Å². The molecule has 12 rings (SSSR count). The van der Waals surface area contributed by atoms with Gasteiger partial charge in [-0.15, -0.1) is 0 Å². The normalized spacial score (nSPS) is 13.5. The van der Waals surface area contributed by atoms with E-state index in [0.29, 0.717) is 5.82 Å². The van der Waals surface area contributed by atoms with E-state index in [1.54, 1.807) is 6.08 Å². The zero-order valence-corrected chi connectivity index (χ0v) is 36.6. The van der Waals surface area contributed by atoms with E-state index < -0.39 is 5.41 Å². The first-order valence-electron chi connectivity index (χ1n) is 22.0. The molecule has 2 aromatic heterocycles. The Hall–Kier alpha value is -7.92. The second-order valence-corrected chi connectivity index (χ2v) is 17.8. The molecule has 10 aromatic rings. The van der Waals surface area contributed by atoms with Crippen LogP contribution >= 0.6 is 11.8 Å². The van der Waals surface area contributed by atoms with Gasteiger partial charge in [-0.25, -0.2) is 15.0 Å². The van der Waals surface area contributed by atoms with Gasteiger partial charge in [0, 0.05) is 42.6 Å². The summed E-state index contributed by atoms with van der Waals surface area (Å²) in [5.74, 6) is 0.689. The minimum absolute atomic E-state index is 0.473. The smallest absolute Gasteiger partial charge is 0.160 e. The van der Waals surface area contributed by atoms with Gasteiger partial charge in [0.15, 0.2) is 5.82 Å². The van der Waals surface area contributed by atoms with Crippen LogP contribution in [-0.4, -0.2) is 15.0 Å². The first-order chi connectivity index (χ1) is 32.1. The first-order valence-corrected chi connectivity index (χ1v) is 22.9. The Morgan fingerprint density at radius 2 is 1.14 bits per heavy atom. The Morgan fingerprint density at radius 1 is 0.508 bits per heavy atom. The van der Waals surface area contributed by atoms with Crippen LogP contribution in [0.3, 0.4) is 0 Å². The Kier molecular flexibility index (Phi) is 9.36. The molecule has 1 spiro atoms. The molecule has 4 heteroatoms. The molecule has 0 fully saturated rings. The number of benzene rings is 8. The summed E-state index contributed by atoms with van der Waals surface area (Å²) < 4.78 is 0. The Bertz CT molecular complexity index is 3560. The lowest BCUT2D eigenvalue weighted by Crippen LogP contribution is -2.32. The van der Waals surface area contributed by atoms with Crippen LogP contribution < -0.4 is 0 Å². The minimum atomic E-state index is -0.473. The van der Waals surface area contributed by atoms with Gasteiger partial charge in [-0.05, 0) is 81.3 Å². The highest BCUT2D eigenvalue weighted by molar-refractivity contribution is 7.99. The molecule has 0 bridgehead atoms. The van der Waals surface area contributed by atoms with Crippen LogP contribution in [-0.2, 0) is 5.41 Å². The summed E-state index contributed by atoms with van der Waals surface area (Å²) in [5, 5.41) is 3.52. The van der Waals surface area contributed by atoms with Gasteiger partial charge in [0.1, 0.15) is 0 Å². The maximum Gasteiger partial charge on any atom is 0.160 e. The van der Waals surface area contributed by atoms with Gasteiger partial charge >= 0.3 is 0 Å². The number of aromatic nitrogens is 3. The summed E-state index contributed by atoms with van der Waals surface area (Å²) in [6, 6.07) is 70.3. The molecule has 0 atom stereocenters. The fourth-order valence-electron chi connectivity index (χ4n) is 10.1. The maximum atomic E-state index is 5.55. The van der Waals surface area contributed by atoms with Crippen LogP contribution in [0.5, 0.6) is 0 Å². The van der Waals surface area contributed by atoms with E-state index >= 15 is 0 Å². The highest BCUT2D eigenvalue weighted by atomic mass is 32.2. The predicted molar refractivity (Wildman–Crippen MR) is 271 cm³/mol. The lowest BCUT2D eigenvalue weighted by atomic mass is 9.67. The van der Waals surface area contributed by atoms with Gasteiger partial charge in [0.05, 0.1) is 28.0 Å². The second kappa shape index (κ2) is 15.7. The van der Waals surface area contributed by atoms with E-state index in [4.69, 9.17) is 15.0 Å². The maximum absolute atomic E-state index is 5.55. The van der Waals surface area contributed by atoms with Crippen molar-refractivity contribution < 1.29 is 0 Å². The van der Waals surface area contributed by atoms with Crippen LogP contribution in [0.1, 0.15) is 34.9 Å². The van der Waals surface area contributed by atoms with E-state index in [2.05, 4.69) is 196 Å². The highest BCUT2D eigenvalue weighted by Crippen LogP contribution is 2.63. The summed E-state index contributed by atoms with van der Waals surface area (Å²) in [6.45, 7) is 5.91. The molecule has 0 N–H and O–H groups in total. The number of allylic oxidation sites excluding steroid dienone is 5. The first kappa shape index (κ1) is 38.7. The van der Waals surface area contributed by atoms with Gasteiger partial charge in [0.25, 0.3) is 0 Å². The largest absolute Gasteiger partial charge is 0.247 e. The zero-order chi connectivity index (χ0) is 43.5. The lowest BCUT2D eigenvalue weighted by molar-refractivity contribution is 0.726. The van der Waals surface area contributed by atoms with E-state index in [0.717, 1.165) is 66.8 Å². The molecule has 0 unspecified atom stereocenters. The Morgan fingerprint density at radius 3 is 1.89 bits per heavy atom. The van der Waals surface area contributed by atoms with Crippen molar-refractivity contribution in [1.29, 1.82) is 0 Å².